The Kier molecular flexibility index (Phi) is 2.76. The third-order valence-corrected chi connectivity index (χ3v) is 3.23. The second-order valence-corrected chi connectivity index (χ2v) is 4.67. The molecule has 0 amide bonds. The molecule has 0 aliphatic heterocycles. The van der Waals surface area contributed by atoms with Crippen LogP contribution < -0.4 is 5.43 Å². The number of aromatic nitrogens is 1. The van der Waals surface area contributed by atoms with Gasteiger partial charge in [0.05, 0.1) is 5.69 Å². The number of hydrogen-bond donors (Lipinski definition) is 2. The fraction of sp³-hybridized carbons (Fsp3) is 0. The van der Waals surface area contributed by atoms with Crippen LogP contribution in [0.25, 0.3) is 22.2 Å². The predicted octanol–water partition coefficient (Wildman–Crippen LogP) is 3.55. The maximum Gasteiger partial charge on any atom is 0.231 e. The average Bonchev–Trinajstić information content (AvgIpc) is 2.43. The maximum absolute atomic E-state index is 12.1. The van der Waals surface area contributed by atoms with Gasteiger partial charge in [0.25, 0.3) is 0 Å². The van der Waals surface area contributed by atoms with E-state index in [0.29, 0.717) is 27.2 Å². The SMILES string of the molecule is O=c1c(O)c(-c2cccc(Cl)c2)[nH]c2ccccc12. The standard InChI is InChI=1S/C15H10ClNO2/c16-10-5-3-4-9(8-10)13-15(19)14(18)11-6-1-2-7-12(11)17-13/h1-8,19H,(H,17,18). The zero-order valence-electron chi connectivity index (χ0n) is 9.85. The van der Waals surface area contributed by atoms with Gasteiger partial charge in [-0.1, -0.05) is 35.9 Å². The molecule has 4 heteroatoms. The molecule has 0 spiro atoms. The van der Waals surface area contributed by atoms with Crippen LogP contribution in [0.15, 0.2) is 53.3 Å². The Morgan fingerprint density at radius 2 is 1.84 bits per heavy atom. The van der Waals surface area contributed by atoms with E-state index in [1.807, 2.05) is 6.07 Å². The number of para-hydroxylation sites is 1. The van der Waals surface area contributed by atoms with Gasteiger partial charge >= 0.3 is 0 Å². The van der Waals surface area contributed by atoms with Crippen LogP contribution in [-0.2, 0) is 0 Å². The summed E-state index contributed by atoms with van der Waals surface area (Å²) in [5, 5.41) is 11.1. The Bertz CT molecular complexity index is 824. The number of benzene rings is 2. The molecule has 0 radical (unpaired) electrons. The molecule has 0 unspecified atom stereocenters. The summed E-state index contributed by atoms with van der Waals surface area (Å²) in [5.74, 6) is -0.291. The van der Waals surface area contributed by atoms with Gasteiger partial charge in [-0.2, -0.15) is 0 Å². The van der Waals surface area contributed by atoms with Gasteiger partial charge < -0.3 is 10.1 Å². The first-order valence-corrected chi connectivity index (χ1v) is 6.14. The monoisotopic (exact) mass is 271 g/mol. The van der Waals surface area contributed by atoms with Crippen LogP contribution in [0.4, 0.5) is 0 Å². The number of aromatic hydroxyl groups is 1. The van der Waals surface area contributed by atoms with E-state index in [-0.39, 0.29) is 11.2 Å². The lowest BCUT2D eigenvalue weighted by Gasteiger charge is -2.07. The quantitative estimate of drug-likeness (QED) is 0.711. The Labute approximate surface area is 114 Å². The number of nitrogens with one attached hydrogen (secondary N) is 1. The topological polar surface area (TPSA) is 53.1 Å². The molecule has 1 aromatic heterocycles. The van der Waals surface area contributed by atoms with E-state index in [1.165, 1.54) is 0 Å². The van der Waals surface area contributed by atoms with Crippen molar-refractivity contribution < 1.29 is 5.11 Å². The summed E-state index contributed by atoms with van der Waals surface area (Å²) in [5.41, 5.74) is 1.35. The number of fused-ring (bicyclic) bond motifs is 1. The Morgan fingerprint density at radius 3 is 2.63 bits per heavy atom. The third-order valence-electron chi connectivity index (χ3n) is 3.00. The summed E-state index contributed by atoms with van der Waals surface area (Å²) in [7, 11) is 0. The molecular formula is C15H10ClNO2. The molecule has 1 heterocycles. The molecule has 94 valence electrons. The lowest BCUT2D eigenvalue weighted by Crippen LogP contribution is -2.04. The molecular weight excluding hydrogens is 262 g/mol. The molecule has 3 aromatic rings. The first-order valence-electron chi connectivity index (χ1n) is 5.77. The second kappa shape index (κ2) is 4.44. The number of H-pyrrole nitrogens is 1. The number of aromatic amines is 1. The molecule has 0 saturated heterocycles. The van der Waals surface area contributed by atoms with E-state index < -0.39 is 0 Å². The summed E-state index contributed by atoms with van der Waals surface area (Å²) in [6, 6.07) is 14.0. The first kappa shape index (κ1) is 11.8. The molecule has 3 nitrogen and oxygen atoms in total. The number of halogens is 1. The normalized spacial score (nSPS) is 10.8. The van der Waals surface area contributed by atoms with Gasteiger partial charge in [0.2, 0.25) is 5.43 Å². The van der Waals surface area contributed by atoms with Crippen LogP contribution in [-0.4, -0.2) is 10.1 Å². The number of pyridine rings is 1. The highest BCUT2D eigenvalue weighted by atomic mass is 35.5. The van der Waals surface area contributed by atoms with Gasteiger partial charge in [-0.05, 0) is 24.3 Å². The van der Waals surface area contributed by atoms with Crippen molar-refractivity contribution >= 4 is 22.5 Å². The molecule has 19 heavy (non-hydrogen) atoms. The summed E-state index contributed by atoms with van der Waals surface area (Å²) in [6.45, 7) is 0. The van der Waals surface area contributed by atoms with E-state index in [2.05, 4.69) is 4.98 Å². The van der Waals surface area contributed by atoms with Crippen molar-refractivity contribution in [1.82, 2.24) is 4.98 Å². The smallest absolute Gasteiger partial charge is 0.231 e. The minimum absolute atomic E-state index is 0.291. The molecule has 0 aliphatic rings. The predicted molar refractivity (Wildman–Crippen MR) is 76.7 cm³/mol. The van der Waals surface area contributed by atoms with Crippen molar-refractivity contribution in [2.24, 2.45) is 0 Å². The second-order valence-electron chi connectivity index (χ2n) is 4.23. The summed E-state index contributed by atoms with van der Waals surface area (Å²) in [4.78, 5) is 15.2. The highest BCUT2D eigenvalue weighted by molar-refractivity contribution is 6.30. The Hall–Kier alpha value is -2.26. The fourth-order valence-electron chi connectivity index (χ4n) is 2.08. The van der Waals surface area contributed by atoms with Crippen molar-refractivity contribution in [2.45, 2.75) is 0 Å². The van der Waals surface area contributed by atoms with Crippen LogP contribution in [0, 0.1) is 0 Å². The lowest BCUT2D eigenvalue weighted by molar-refractivity contribution is 0.471. The van der Waals surface area contributed by atoms with Crippen LogP contribution >= 0.6 is 11.6 Å². The van der Waals surface area contributed by atoms with Gasteiger partial charge in [-0.15, -0.1) is 0 Å². The number of hydrogen-bond acceptors (Lipinski definition) is 2. The zero-order chi connectivity index (χ0) is 13.4. The van der Waals surface area contributed by atoms with Crippen LogP contribution in [0.2, 0.25) is 5.02 Å². The van der Waals surface area contributed by atoms with E-state index in [9.17, 15) is 9.90 Å². The molecule has 3 rings (SSSR count). The fourth-order valence-corrected chi connectivity index (χ4v) is 2.27. The van der Waals surface area contributed by atoms with Gasteiger partial charge in [0.15, 0.2) is 5.75 Å². The van der Waals surface area contributed by atoms with Gasteiger partial charge in [0.1, 0.15) is 0 Å². The van der Waals surface area contributed by atoms with Gasteiger partial charge in [-0.25, -0.2) is 0 Å². The summed E-state index contributed by atoms with van der Waals surface area (Å²) < 4.78 is 0. The highest BCUT2D eigenvalue weighted by Crippen LogP contribution is 2.28. The molecule has 0 bridgehead atoms. The molecule has 0 fully saturated rings. The van der Waals surface area contributed by atoms with Crippen LogP contribution in [0.3, 0.4) is 0 Å². The van der Waals surface area contributed by atoms with Gasteiger partial charge in [0, 0.05) is 21.5 Å². The van der Waals surface area contributed by atoms with Crippen molar-refractivity contribution in [2.75, 3.05) is 0 Å². The minimum Gasteiger partial charge on any atom is -0.503 e. The molecule has 0 atom stereocenters. The lowest BCUT2D eigenvalue weighted by atomic mass is 10.1. The third kappa shape index (κ3) is 1.98. The zero-order valence-corrected chi connectivity index (χ0v) is 10.6. The molecule has 0 saturated carbocycles. The van der Waals surface area contributed by atoms with Crippen LogP contribution in [0.1, 0.15) is 0 Å². The van der Waals surface area contributed by atoms with Crippen LogP contribution in [0.5, 0.6) is 5.75 Å². The van der Waals surface area contributed by atoms with E-state index in [1.54, 1.807) is 42.5 Å². The van der Waals surface area contributed by atoms with Crippen molar-refractivity contribution in [3.63, 3.8) is 0 Å². The maximum atomic E-state index is 12.1. The van der Waals surface area contributed by atoms with E-state index in [0.717, 1.165) is 0 Å². The Morgan fingerprint density at radius 1 is 1.05 bits per heavy atom. The van der Waals surface area contributed by atoms with E-state index >= 15 is 0 Å². The van der Waals surface area contributed by atoms with Crippen molar-refractivity contribution in [3.8, 4) is 17.0 Å². The van der Waals surface area contributed by atoms with Crippen molar-refractivity contribution in [1.29, 1.82) is 0 Å². The Balaban J connectivity index is 2.36. The average molecular weight is 272 g/mol. The molecule has 0 aliphatic carbocycles. The summed E-state index contributed by atoms with van der Waals surface area (Å²) >= 11 is 5.93. The molecule has 2 N–H and O–H groups in total. The highest BCUT2D eigenvalue weighted by Gasteiger charge is 2.12. The summed E-state index contributed by atoms with van der Waals surface area (Å²) in [6.07, 6.45) is 0. The molecule has 2 aromatic carbocycles. The van der Waals surface area contributed by atoms with E-state index in [4.69, 9.17) is 11.6 Å². The first-order chi connectivity index (χ1) is 9.16. The minimum atomic E-state index is -0.385. The van der Waals surface area contributed by atoms with Gasteiger partial charge in [-0.3, -0.25) is 4.79 Å². The van der Waals surface area contributed by atoms with Crippen molar-refractivity contribution in [3.05, 3.63) is 63.8 Å². The largest absolute Gasteiger partial charge is 0.503 e. The number of rotatable bonds is 1.